The second-order valence-corrected chi connectivity index (χ2v) is 6.14. The molecule has 0 fully saturated rings. The van der Waals surface area contributed by atoms with Crippen molar-refractivity contribution in [3.05, 3.63) is 59.4 Å². The number of carbonyl (C=O) groups excluding carboxylic acids is 1. The first kappa shape index (κ1) is 14.9. The summed E-state index contributed by atoms with van der Waals surface area (Å²) < 4.78 is 0. The normalized spacial score (nSPS) is 11.9. The lowest BCUT2D eigenvalue weighted by Crippen LogP contribution is -2.30. The molecule has 1 aromatic carbocycles. The Kier molecular flexibility index (Phi) is 5.44. The summed E-state index contributed by atoms with van der Waals surface area (Å²) in [6, 6.07) is 11.3. The van der Waals surface area contributed by atoms with Crippen molar-refractivity contribution in [2.75, 3.05) is 0 Å². The predicted octanol–water partition coefficient (Wildman–Crippen LogP) is 3.53. The van der Waals surface area contributed by atoms with Crippen LogP contribution >= 0.6 is 23.4 Å². The highest BCUT2D eigenvalue weighted by Crippen LogP contribution is 2.24. The number of hydrogen-bond acceptors (Lipinski definition) is 3. The fourth-order valence-electron chi connectivity index (χ4n) is 1.60. The molecule has 3 nitrogen and oxygen atoms in total. The van der Waals surface area contributed by atoms with Crippen LogP contribution in [0.15, 0.2) is 53.7 Å². The van der Waals surface area contributed by atoms with E-state index in [1.165, 1.54) is 11.8 Å². The molecular weight excluding hydrogens is 292 g/mol. The number of halogens is 1. The topological polar surface area (TPSA) is 42.0 Å². The lowest BCUT2D eigenvalue weighted by molar-refractivity contribution is -0.120. The lowest BCUT2D eigenvalue weighted by atomic mass is 10.2. The number of rotatable bonds is 5. The van der Waals surface area contributed by atoms with E-state index in [1.807, 2.05) is 43.3 Å². The monoisotopic (exact) mass is 306 g/mol. The molecule has 1 heterocycles. The van der Waals surface area contributed by atoms with Gasteiger partial charge in [0.15, 0.2) is 0 Å². The Labute approximate surface area is 127 Å². The Balaban J connectivity index is 1.84. The first-order chi connectivity index (χ1) is 9.65. The van der Waals surface area contributed by atoms with E-state index in [9.17, 15) is 4.79 Å². The molecule has 1 N–H and O–H groups in total. The highest BCUT2D eigenvalue weighted by Gasteiger charge is 2.13. The summed E-state index contributed by atoms with van der Waals surface area (Å²) in [5.74, 6) is 0.0155. The van der Waals surface area contributed by atoms with E-state index in [0.29, 0.717) is 11.6 Å². The van der Waals surface area contributed by atoms with Crippen LogP contribution in [0.4, 0.5) is 0 Å². The van der Waals surface area contributed by atoms with Gasteiger partial charge in [0.1, 0.15) is 0 Å². The number of aromatic nitrogens is 1. The predicted molar refractivity (Wildman–Crippen MR) is 82.9 cm³/mol. The van der Waals surface area contributed by atoms with Crippen molar-refractivity contribution in [2.24, 2.45) is 0 Å². The standard InChI is InChI=1S/C15H15ClN2OS/c1-11(20-14-4-2-13(16)3-5-14)15(19)18-10-12-6-8-17-9-7-12/h2-9,11H,10H2,1H3,(H,18,19)/t11-/m0/s1. The highest BCUT2D eigenvalue weighted by atomic mass is 35.5. The molecule has 1 aromatic heterocycles. The largest absolute Gasteiger partial charge is 0.351 e. The van der Waals surface area contributed by atoms with E-state index in [1.54, 1.807) is 12.4 Å². The third kappa shape index (κ3) is 4.54. The van der Waals surface area contributed by atoms with Crippen molar-refractivity contribution in [1.29, 1.82) is 0 Å². The summed E-state index contributed by atoms with van der Waals surface area (Å²) in [5.41, 5.74) is 1.04. The second kappa shape index (κ2) is 7.31. The van der Waals surface area contributed by atoms with E-state index in [-0.39, 0.29) is 11.2 Å². The summed E-state index contributed by atoms with van der Waals surface area (Å²) >= 11 is 7.35. The Morgan fingerprint density at radius 3 is 2.55 bits per heavy atom. The van der Waals surface area contributed by atoms with Crippen molar-refractivity contribution in [1.82, 2.24) is 10.3 Å². The van der Waals surface area contributed by atoms with E-state index in [2.05, 4.69) is 10.3 Å². The van der Waals surface area contributed by atoms with Crippen LogP contribution in [-0.2, 0) is 11.3 Å². The average molecular weight is 307 g/mol. The lowest BCUT2D eigenvalue weighted by Gasteiger charge is -2.12. The van der Waals surface area contributed by atoms with E-state index >= 15 is 0 Å². The first-order valence-corrected chi connectivity index (χ1v) is 7.50. The maximum absolute atomic E-state index is 12.0. The Morgan fingerprint density at radius 2 is 1.90 bits per heavy atom. The van der Waals surface area contributed by atoms with Gasteiger partial charge in [-0.05, 0) is 48.9 Å². The molecule has 1 atom stereocenters. The first-order valence-electron chi connectivity index (χ1n) is 6.24. The van der Waals surface area contributed by atoms with Gasteiger partial charge >= 0.3 is 0 Å². The number of nitrogens with zero attached hydrogens (tertiary/aromatic N) is 1. The van der Waals surface area contributed by atoms with Gasteiger partial charge in [0, 0.05) is 28.9 Å². The molecule has 0 aliphatic rings. The summed E-state index contributed by atoms with van der Waals surface area (Å²) in [7, 11) is 0. The fraction of sp³-hybridized carbons (Fsp3) is 0.200. The van der Waals surface area contributed by atoms with Crippen molar-refractivity contribution in [3.63, 3.8) is 0 Å². The molecule has 20 heavy (non-hydrogen) atoms. The van der Waals surface area contributed by atoms with E-state index < -0.39 is 0 Å². The Morgan fingerprint density at radius 1 is 1.25 bits per heavy atom. The molecule has 0 aliphatic carbocycles. The van der Waals surface area contributed by atoms with E-state index in [4.69, 9.17) is 11.6 Å². The van der Waals surface area contributed by atoms with Crippen LogP contribution in [0, 0.1) is 0 Å². The average Bonchev–Trinajstić information content (AvgIpc) is 2.48. The maximum Gasteiger partial charge on any atom is 0.233 e. The zero-order valence-corrected chi connectivity index (χ0v) is 12.6. The molecule has 0 saturated carbocycles. The minimum absolute atomic E-state index is 0.0155. The maximum atomic E-state index is 12.0. The van der Waals surface area contributed by atoms with Crippen LogP contribution in [0.1, 0.15) is 12.5 Å². The fourth-order valence-corrected chi connectivity index (χ4v) is 2.62. The number of nitrogens with one attached hydrogen (secondary N) is 1. The quantitative estimate of drug-likeness (QED) is 0.859. The van der Waals surface area contributed by atoms with Gasteiger partial charge in [0.25, 0.3) is 0 Å². The molecule has 104 valence electrons. The molecular formula is C15H15ClN2OS. The van der Waals surface area contributed by atoms with Crippen molar-refractivity contribution in [3.8, 4) is 0 Å². The van der Waals surface area contributed by atoms with Crippen LogP contribution in [0.5, 0.6) is 0 Å². The Hall–Kier alpha value is -1.52. The molecule has 0 radical (unpaired) electrons. The van der Waals surface area contributed by atoms with Gasteiger partial charge in [-0.25, -0.2) is 0 Å². The van der Waals surface area contributed by atoms with Crippen LogP contribution < -0.4 is 5.32 Å². The summed E-state index contributed by atoms with van der Waals surface area (Å²) in [6.45, 7) is 2.41. The molecule has 0 aliphatic heterocycles. The summed E-state index contributed by atoms with van der Waals surface area (Å²) in [5, 5.41) is 3.46. The van der Waals surface area contributed by atoms with Crippen LogP contribution in [-0.4, -0.2) is 16.1 Å². The SMILES string of the molecule is C[C@H](Sc1ccc(Cl)cc1)C(=O)NCc1ccncc1. The van der Waals surface area contributed by atoms with Crippen LogP contribution in [0.2, 0.25) is 5.02 Å². The molecule has 2 aromatic rings. The van der Waals surface area contributed by atoms with Crippen molar-refractivity contribution in [2.45, 2.75) is 23.6 Å². The third-order valence-electron chi connectivity index (χ3n) is 2.71. The summed E-state index contributed by atoms with van der Waals surface area (Å²) in [6.07, 6.45) is 3.43. The van der Waals surface area contributed by atoms with Gasteiger partial charge in [0.05, 0.1) is 5.25 Å². The molecule has 2 rings (SSSR count). The van der Waals surface area contributed by atoms with Gasteiger partial charge in [-0.2, -0.15) is 0 Å². The number of hydrogen-bond donors (Lipinski definition) is 1. The zero-order valence-electron chi connectivity index (χ0n) is 11.0. The second-order valence-electron chi connectivity index (χ2n) is 4.29. The molecule has 1 amide bonds. The third-order valence-corrected chi connectivity index (χ3v) is 4.08. The number of carbonyl (C=O) groups is 1. The van der Waals surface area contributed by atoms with Gasteiger partial charge in [-0.3, -0.25) is 9.78 Å². The van der Waals surface area contributed by atoms with Crippen molar-refractivity contribution >= 4 is 29.3 Å². The minimum Gasteiger partial charge on any atom is -0.351 e. The Bertz CT molecular complexity index is 560. The highest BCUT2D eigenvalue weighted by molar-refractivity contribution is 8.00. The number of amides is 1. The van der Waals surface area contributed by atoms with E-state index in [0.717, 1.165) is 10.5 Å². The number of benzene rings is 1. The molecule has 0 spiro atoms. The van der Waals surface area contributed by atoms with Crippen LogP contribution in [0.3, 0.4) is 0 Å². The molecule has 0 saturated heterocycles. The smallest absolute Gasteiger partial charge is 0.233 e. The molecule has 0 unspecified atom stereocenters. The summed E-state index contributed by atoms with van der Waals surface area (Å²) in [4.78, 5) is 17.0. The van der Waals surface area contributed by atoms with Crippen molar-refractivity contribution < 1.29 is 4.79 Å². The minimum atomic E-state index is -0.155. The number of thioether (sulfide) groups is 1. The van der Waals surface area contributed by atoms with Gasteiger partial charge < -0.3 is 5.32 Å². The van der Waals surface area contributed by atoms with Gasteiger partial charge in [-0.15, -0.1) is 11.8 Å². The molecule has 5 heteroatoms. The zero-order chi connectivity index (χ0) is 14.4. The van der Waals surface area contributed by atoms with Gasteiger partial charge in [-0.1, -0.05) is 11.6 Å². The van der Waals surface area contributed by atoms with Crippen LogP contribution in [0.25, 0.3) is 0 Å². The number of pyridine rings is 1. The molecule has 0 bridgehead atoms. The van der Waals surface area contributed by atoms with Gasteiger partial charge in [0.2, 0.25) is 5.91 Å².